The molecule has 2 heterocycles. The number of nitrogens with one attached hydrogen (secondary N) is 1. The molecule has 1 atom stereocenters. The molecular formula is C18H21NOS. The maximum absolute atomic E-state index is 6.15. The smallest absolute Gasteiger partial charge is 0.137 e. The maximum Gasteiger partial charge on any atom is 0.137 e. The fourth-order valence-electron chi connectivity index (χ4n) is 2.62. The summed E-state index contributed by atoms with van der Waals surface area (Å²) in [5.41, 5.74) is 2.21. The minimum absolute atomic E-state index is 0.246. The summed E-state index contributed by atoms with van der Waals surface area (Å²) in [5.74, 6) is 1.04. The van der Waals surface area contributed by atoms with Crippen molar-refractivity contribution in [2.24, 2.45) is 0 Å². The van der Waals surface area contributed by atoms with Crippen molar-refractivity contribution in [3.63, 3.8) is 0 Å². The Hall–Kier alpha value is -1.58. The Morgan fingerprint density at radius 1 is 1.24 bits per heavy atom. The van der Waals surface area contributed by atoms with Gasteiger partial charge >= 0.3 is 0 Å². The molecule has 2 aromatic heterocycles. The lowest BCUT2D eigenvalue weighted by atomic mass is 10.1. The monoisotopic (exact) mass is 299 g/mol. The number of hydrogen-bond acceptors (Lipinski definition) is 3. The molecule has 0 radical (unpaired) electrons. The van der Waals surface area contributed by atoms with Gasteiger partial charge in [0.2, 0.25) is 0 Å². The first-order valence-corrected chi connectivity index (χ1v) is 8.40. The average Bonchev–Trinajstić information content (AvgIpc) is 3.13. The van der Waals surface area contributed by atoms with Gasteiger partial charge < -0.3 is 9.73 Å². The molecule has 0 aliphatic carbocycles. The van der Waals surface area contributed by atoms with E-state index in [1.165, 1.54) is 15.8 Å². The Morgan fingerprint density at radius 3 is 2.86 bits per heavy atom. The average molecular weight is 299 g/mol. The molecule has 0 spiro atoms. The van der Waals surface area contributed by atoms with Crippen LogP contribution in [0.5, 0.6) is 0 Å². The SMILES string of the molecule is CCCNC(Cc1cccs1)c1cc2cccc(C)c2o1. The molecule has 3 heteroatoms. The minimum Gasteiger partial charge on any atom is -0.459 e. The fraction of sp³-hybridized carbons (Fsp3) is 0.333. The van der Waals surface area contributed by atoms with Crippen molar-refractivity contribution in [2.75, 3.05) is 6.54 Å². The molecule has 0 saturated carbocycles. The van der Waals surface area contributed by atoms with Crippen LogP contribution in [0.1, 0.15) is 35.6 Å². The van der Waals surface area contributed by atoms with E-state index in [2.05, 4.69) is 60.9 Å². The number of benzene rings is 1. The van der Waals surface area contributed by atoms with Gasteiger partial charge in [0.05, 0.1) is 6.04 Å². The molecule has 3 aromatic rings. The third kappa shape index (κ3) is 3.20. The van der Waals surface area contributed by atoms with Crippen molar-refractivity contribution in [3.05, 3.63) is 58.0 Å². The first kappa shape index (κ1) is 14.4. The predicted octanol–water partition coefficient (Wildman–Crippen LogP) is 5.09. The standard InChI is InChI=1S/C18H21NOS/c1-3-9-19-16(12-15-8-5-10-21-15)17-11-14-7-4-6-13(2)18(14)20-17/h4-8,10-11,16,19H,3,9,12H2,1-2H3. The van der Waals surface area contributed by atoms with Crippen LogP contribution in [-0.2, 0) is 6.42 Å². The summed E-state index contributed by atoms with van der Waals surface area (Å²) in [7, 11) is 0. The molecule has 0 saturated heterocycles. The highest BCUT2D eigenvalue weighted by Gasteiger charge is 2.17. The molecule has 1 unspecified atom stereocenters. The Bertz CT molecular complexity index is 699. The van der Waals surface area contributed by atoms with Gasteiger partial charge in [-0.05, 0) is 43.0 Å². The number of para-hydroxylation sites is 1. The third-order valence-electron chi connectivity index (χ3n) is 3.73. The van der Waals surface area contributed by atoms with Crippen LogP contribution in [0.15, 0.2) is 46.2 Å². The maximum atomic E-state index is 6.15. The van der Waals surface area contributed by atoms with Gasteiger partial charge in [-0.1, -0.05) is 31.2 Å². The second kappa shape index (κ2) is 6.46. The van der Waals surface area contributed by atoms with E-state index in [-0.39, 0.29) is 6.04 Å². The first-order chi connectivity index (χ1) is 10.3. The lowest BCUT2D eigenvalue weighted by molar-refractivity contribution is 0.428. The van der Waals surface area contributed by atoms with Crippen LogP contribution >= 0.6 is 11.3 Å². The van der Waals surface area contributed by atoms with Gasteiger partial charge in [0, 0.05) is 16.7 Å². The van der Waals surface area contributed by atoms with Crippen molar-refractivity contribution in [2.45, 2.75) is 32.7 Å². The quantitative estimate of drug-likeness (QED) is 0.686. The highest BCUT2D eigenvalue weighted by atomic mass is 32.1. The molecule has 2 nitrogen and oxygen atoms in total. The number of furan rings is 1. The number of thiophene rings is 1. The van der Waals surface area contributed by atoms with E-state index < -0.39 is 0 Å². The molecular weight excluding hydrogens is 278 g/mol. The predicted molar refractivity (Wildman–Crippen MR) is 90.0 cm³/mol. The number of hydrogen-bond donors (Lipinski definition) is 1. The summed E-state index contributed by atoms with van der Waals surface area (Å²) in [6.45, 7) is 5.30. The Balaban J connectivity index is 1.91. The zero-order valence-electron chi connectivity index (χ0n) is 12.6. The van der Waals surface area contributed by atoms with E-state index in [0.717, 1.165) is 30.7 Å². The first-order valence-electron chi connectivity index (χ1n) is 7.52. The molecule has 110 valence electrons. The molecule has 0 aliphatic heterocycles. The van der Waals surface area contributed by atoms with Gasteiger partial charge in [-0.2, -0.15) is 0 Å². The fourth-order valence-corrected chi connectivity index (χ4v) is 3.37. The molecule has 0 amide bonds. The van der Waals surface area contributed by atoms with E-state index in [1.54, 1.807) is 0 Å². The molecule has 0 fully saturated rings. The summed E-state index contributed by atoms with van der Waals surface area (Å²) in [6.07, 6.45) is 2.11. The Kier molecular flexibility index (Phi) is 4.42. The zero-order chi connectivity index (χ0) is 14.7. The second-order valence-electron chi connectivity index (χ2n) is 5.43. The van der Waals surface area contributed by atoms with Crippen molar-refractivity contribution in [3.8, 4) is 0 Å². The highest BCUT2D eigenvalue weighted by molar-refractivity contribution is 7.09. The van der Waals surface area contributed by atoms with E-state index in [9.17, 15) is 0 Å². The summed E-state index contributed by atoms with van der Waals surface area (Å²) in [5, 5.41) is 6.95. The summed E-state index contributed by atoms with van der Waals surface area (Å²) < 4.78 is 6.15. The zero-order valence-corrected chi connectivity index (χ0v) is 13.4. The lowest BCUT2D eigenvalue weighted by Gasteiger charge is -2.15. The largest absolute Gasteiger partial charge is 0.459 e. The topological polar surface area (TPSA) is 25.2 Å². The van der Waals surface area contributed by atoms with E-state index in [4.69, 9.17) is 4.42 Å². The van der Waals surface area contributed by atoms with E-state index in [0.29, 0.717) is 0 Å². The van der Waals surface area contributed by atoms with Crippen molar-refractivity contribution in [1.29, 1.82) is 0 Å². The molecule has 1 aromatic carbocycles. The van der Waals surface area contributed by atoms with Crippen LogP contribution in [0, 0.1) is 6.92 Å². The van der Waals surface area contributed by atoms with Gasteiger partial charge in [-0.25, -0.2) is 0 Å². The van der Waals surface area contributed by atoms with Crippen LogP contribution in [0.3, 0.4) is 0 Å². The van der Waals surface area contributed by atoms with E-state index in [1.807, 2.05) is 11.3 Å². The van der Waals surface area contributed by atoms with Crippen molar-refractivity contribution < 1.29 is 4.42 Å². The third-order valence-corrected chi connectivity index (χ3v) is 4.63. The van der Waals surface area contributed by atoms with Crippen LogP contribution in [0.2, 0.25) is 0 Å². The van der Waals surface area contributed by atoms with Gasteiger partial charge in [-0.3, -0.25) is 0 Å². The van der Waals surface area contributed by atoms with Gasteiger partial charge in [0.1, 0.15) is 11.3 Å². The summed E-state index contributed by atoms with van der Waals surface area (Å²) >= 11 is 1.81. The Morgan fingerprint density at radius 2 is 2.14 bits per heavy atom. The molecule has 0 bridgehead atoms. The minimum atomic E-state index is 0.246. The van der Waals surface area contributed by atoms with Crippen LogP contribution < -0.4 is 5.32 Å². The van der Waals surface area contributed by atoms with Gasteiger partial charge in [-0.15, -0.1) is 11.3 Å². The van der Waals surface area contributed by atoms with E-state index >= 15 is 0 Å². The molecule has 3 rings (SSSR count). The normalized spacial score (nSPS) is 12.9. The van der Waals surface area contributed by atoms with Gasteiger partial charge in [0.15, 0.2) is 0 Å². The molecule has 21 heavy (non-hydrogen) atoms. The summed E-state index contributed by atoms with van der Waals surface area (Å²) in [6, 6.07) is 13.0. The molecule has 1 N–H and O–H groups in total. The summed E-state index contributed by atoms with van der Waals surface area (Å²) in [4.78, 5) is 1.39. The number of fused-ring (bicyclic) bond motifs is 1. The lowest BCUT2D eigenvalue weighted by Crippen LogP contribution is -2.23. The number of rotatable bonds is 6. The number of aryl methyl sites for hydroxylation is 1. The van der Waals surface area contributed by atoms with Crippen LogP contribution in [0.25, 0.3) is 11.0 Å². The second-order valence-corrected chi connectivity index (χ2v) is 6.46. The van der Waals surface area contributed by atoms with Crippen LogP contribution in [0.4, 0.5) is 0 Å². The van der Waals surface area contributed by atoms with Gasteiger partial charge in [0.25, 0.3) is 0 Å². The van der Waals surface area contributed by atoms with Crippen LogP contribution in [-0.4, -0.2) is 6.54 Å². The molecule has 0 aliphatic rings. The van der Waals surface area contributed by atoms with Crippen molar-refractivity contribution in [1.82, 2.24) is 5.32 Å². The Labute approximate surface area is 129 Å². The van der Waals surface area contributed by atoms with Crippen molar-refractivity contribution >= 4 is 22.3 Å². The highest BCUT2D eigenvalue weighted by Crippen LogP contribution is 2.29.